The van der Waals surface area contributed by atoms with E-state index >= 15 is 0 Å². The summed E-state index contributed by atoms with van der Waals surface area (Å²) < 4.78 is 26.3. The Morgan fingerprint density at radius 3 is 2.48 bits per heavy atom. The fraction of sp³-hybridized carbons (Fsp3) is 0.647. The first-order valence-electron chi connectivity index (χ1n) is 7.66. The largest absolute Gasteiger partial charge is 0.316 e. The molecule has 1 aromatic carbocycles. The molecule has 1 aliphatic rings. The number of sulfone groups is 1. The highest BCUT2D eigenvalue weighted by molar-refractivity contribution is 7.92. The van der Waals surface area contributed by atoms with Crippen molar-refractivity contribution in [3.8, 4) is 0 Å². The fourth-order valence-corrected chi connectivity index (χ4v) is 5.93. The van der Waals surface area contributed by atoms with Crippen molar-refractivity contribution in [1.82, 2.24) is 5.32 Å². The minimum atomic E-state index is -3.30. The molecule has 0 heterocycles. The molecule has 1 aromatic rings. The molecule has 1 fully saturated rings. The van der Waals surface area contributed by atoms with Gasteiger partial charge in [-0.15, -0.1) is 0 Å². The summed E-state index contributed by atoms with van der Waals surface area (Å²) in [5, 5.41) is 2.88. The van der Waals surface area contributed by atoms with Crippen molar-refractivity contribution in [3.63, 3.8) is 0 Å². The van der Waals surface area contributed by atoms with Gasteiger partial charge >= 0.3 is 0 Å². The van der Waals surface area contributed by atoms with Crippen molar-refractivity contribution in [2.75, 3.05) is 7.05 Å². The highest BCUT2D eigenvalue weighted by atomic mass is 32.2. The first-order valence-corrected chi connectivity index (χ1v) is 9.20. The maximum absolute atomic E-state index is 13.1. The molecule has 4 heteroatoms. The highest BCUT2D eigenvalue weighted by Gasteiger charge is 2.42. The molecule has 1 N–H and O–H groups in total. The van der Waals surface area contributed by atoms with Crippen LogP contribution in [0.4, 0.5) is 0 Å². The van der Waals surface area contributed by atoms with Gasteiger partial charge in [0.15, 0.2) is 9.84 Å². The van der Waals surface area contributed by atoms with Gasteiger partial charge in [0.2, 0.25) is 0 Å². The molecule has 2 rings (SSSR count). The lowest BCUT2D eigenvalue weighted by Crippen LogP contribution is -2.48. The van der Waals surface area contributed by atoms with Crippen LogP contribution in [0.5, 0.6) is 0 Å². The molecule has 0 spiro atoms. The van der Waals surface area contributed by atoms with Crippen molar-refractivity contribution in [2.24, 2.45) is 5.41 Å². The average molecular weight is 309 g/mol. The average Bonchev–Trinajstić information content (AvgIpc) is 2.37. The molecule has 0 amide bonds. The first-order chi connectivity index (χ1) is 9.67. The van der Waals surface area contributed by atoms with Crippen LogP contribution in [0.25, 0.3) is 0 Å². The molecule has 1 aliphatic carbocycles. The second-order valence-corrected chi connectivity index (χ2v) is 9.29. The van der Waals surface area contributed by atoms with Crippen LogP contribution in [0.15, 0.2) is 23.1 Å². The van der Waals surface area contributed by atoms with E-state index in [0.717, 1.165) is 24.0 Å². The predicted octanol–water partition coefficient (Wildman–Crippen LogP) is 3.24. The molecular weight excluding hydrogens is 282 g/mol. The van der Waals surface area contributed by atoms with Gasteiger partial charge in [0.1, 0.15) is 0 Å². The van der Waals surface area contributed by atoms with E-state index in [1.165, 1.54) is 0 Å². The summed E-state index contributed by atoms with van der Waals surface area (Å²) in [5.41, 5.74) is 2.04. The molecule has 0 aliphatic heterocycles. The molecule has 118 valence electrons. The fourth-order valence-electron chi connectivity index (χ4n) is 3.46. The summed E-state index contributed by atoms with van der Waals surface area (Å²) >= 11 is 0. The van der Waals surface area contributed by atoms with Crippen LogP contribution in [-0.4, -0.2) is 26.8 Å². The summed E-state index contributed by atoms with van der Waals surface area (Å²) in [7, 11) is -1.44. The third kappa shape index (κ3) is 3.32. The Balaban J connectivity index is 2.45. The zero-order valence-electron chi connectivity index (χ0n) is 13.7. The van der Waals surface area contributed by atoms with Crippen molar-refractivity contribution in [3.05, 3.63) is 29.3 Å². The molecule has 21 heavy (non-hydrogen) atoms. The van der Waals surface area contributed by atoms with E-state index < -0.39 is 9.84 Å². The zero-order chi connectivity index (χ0) is 15.8. The van der Waals surface area contributed by atoms with Gasteiger partial charge in [0.25, 0.3) is 0 Å². The van der Waals surface area contributed by atoms with Crippen LogP contribution in [-0.2, 0) is 9.84 Å². The van der Waals surface area contributed by atoms with Crippen molar-refractivity contribution in [1.29, 1.82) is 0 Å². The maximum Gasteiger partial charge on any atom is 0.183 e. The Kier molecular flexibility index (Phi) is 4.50. The van der Waals surface area contributed by atoms with E-state index in [1.807, 2.05) is 33.0 Å². The number of nitrogens with one attached hydrogen (secondary N) is 1. The number of hydrogen-bond donors (Lipinski definition) is 1. The van der Waals surface area contributed by atoms with E-state index in [-0.39, 0.29) is 16.7 Å². The Morgan fingerprint density at radius 2 is 1.90 bits per heavy atom. The van der Waals surface area contributed by atoms with E-state index in [9.17, 15) is 8.42 Å². The van der Waals surface area contributed by atoms with Crippen molar-refractivity contribution < 1.29 is 8.42 Å². The first kappa shape index (κ1) is 16.5. The highest BCUT2D eigenvalue weighted by Crippen LogP contribution is 2.40. The van der Waals surface area contributed by atoms with Crippen LogP contribution >= 0.6 is 0 Å². The summed E-state index contributed by atoms with van der Waals surface area (Å²) in [6.07, 6.45) is 2.70. The Hall–Kier alpha value is -0.870. The molecule has 1 saturated carbocycles. The third-order valence-electron chi connectivity index (χ3n) is 4.74. The molecule has 0 aromatic heterocycles. The van der Waals surface area contributed by atoms with Gasteiger partial charge in [-0.05, 0) is 57.2 Å². The topological polar surface area (TPSA) is 46.2 Å². The molecule has 0 radical (unpaired) electrons. The van der Waals surface area contributed by atoms with Gasteiger partial charge in [-0.25, -0.2) is 8.42 Å². The smallest absolute Gasteiger partial charge is 0.183 e. The lowest BCUT2D eigenvalue weighted by molar-refractivity contribution is 0.213. The molecule has 0 saturated heterocycles. The quantitative estimate of drug-likeness (QED) is 0.932. The van der Waals surface area contributed by atoms with Crippen LogP contribution in [0.3, 0.4) is 0 Å². The standard InChI is InChI=1S/C17H27NO2S/c1-12-6-7-15(13(2)10-12)21(19,20)16-11-17(3,4)9-8-14(16)18-5/h6-7,10,14,16,18H,8-9,11H2,1-5H3. The number of aryl methyl sites for hydroxylation is 2. The summed E-state index contributed by atoms with van der Waals surface area (Å²) in [6.45, 7) is 8.22. The SMILES string of the molecule is CNC1CCC(C)(C)CC1S(=O)(=O)c1ccc(C)cc1C. The second-order valence-electron chi connectivity index (χ2n) is 7.15. The molecule has 0 bridgehead atoms. The normalized spacial score (nSPS) is 25.8. The zero-order valence-corrected chi connectivity index (χ0v) is 14.5. The van der Waals surface area contributed by atoms with Crippen LogP contribution in [0.2, 0.25) is 0 Å². The monoisotopic (exact) mass is 309 g/mol. The van der Waals surface area contributed by atoms with E-state index in [4.69, 9.17) is 0 Å². The van der Waals surface area contributed by atoms with Crippen LogP contribution in [0, 0.1) is 19.3 Å². The van der Waals surface area contributed by atoms with E-state index in [0.29, 0.717) is 11.3 Å². The third-order valence-corrected chi connectivity index (χ3v) is 7.10. The summed E-state index contributed by atoms with van der Waals surface area (Å²) in [5.74, 6) is 0. The van der Waals surface area contributed by atoms with E-state index in [1.54, 1.807) is 6.07 Å². The molecular formula is C17H27NO2S. The van der Waals surface area contributed by atoms with E-state index in [2.05, 4.69) is 19.2 Å². The summed E-state index contributed by atoms with van der Waals surface area (Å²) in [4.78, 5) is 0.496. The number of benzene rings is 1. The van der Waals surface area contributed by atoms with Crippen molar-refractivity contribution in [2.45, 2.75) is 63.1 Å². The molecule has 2 unspecified atom stereocenters. The van der Waals surface area contributed by atoms with Crippen LogP contribution in [0.1, 0.15) is 44.2 Å². The number of rotatable bonds is 3. The minimum Gasteiger partial charge on any atom is -0.316 e. The van der Waals surface area contributed by atoms with Crippen molar-refractivity contribution >= 4 is 9.84 Å². The second kappa shape index (κ2) is 5.73. The molecule has 3 nitrogen and oxygen atoms in total. The maximum atomic E-state index is 13.1. The van der Waals surface area contributed by atoms with Gasteiger partial charge in [-0.1, -0.05) is 31.5 Å². The van der Waals surface area contributed by atoms with Gasteiger partial charge in [0.05, 0.1) is 10.1 Å². The number of hydrogen-bond acceptors (Lipinski definition) is 3. The summed E-state index contributed by atoms with van der Waals surface area (Å²) in [6, 6.07) is 5.66. The Labute approximate surface area is 129 Å². The van der Waals surface area contributed by atoms with Gasteiger partial charge in [-0.2, -0.15) is 0 Å². The van der Waals surface area contributed by atoms with Gasteiger partial charge in [0, 0.05) is 6.04 Å². The lowest BCUT2D eigenvalue weighted by Gasteiger charge is -2.40. The van der Waals surface area contributed by atoms with Crippen LogP contribution < -0.4 is 5.32 Å². The minimum absolute atomic E-state index is 0.0451. The predicted molar refractivity (Wildman–Crippen MR) is 87.4 cm³/mol. The Bertz CT molecular complexity index is 620. The van der Waals surface area contributed by atoms with Gasteiger partial charge in [-0.3, -0.25) is 0 Å². The Morgan fingerprint density at radius 1 is 1.24 bits per heavy atom. The lowest BCUT2D eigenvalue weighted by atomic mass is 9.75. The van der Waals surface area contributed by atoms with Gasteiger partial charge < -0.3 is 5.32 Å². The molecule has 2 atom stereocenters.